The smallest absolute Gasteiger partial charge is 0.159 e. The molecule has 0 aromatic rings. The Morgan fingerprint density at radius 3 is 2.59 bits per heavy atom. The van der Waals surface area contributed by atoms with Crippen LogP contribution in [0.5, 0.6) is 0 Å². The second-order valence-corrected chi connectivity index (χ2v) is 6.86. The number of hydrogen-bond donors (Lipinski definition) is 1. The number of hydrogen-bond acceptors (Lipinski definition) is 2. The van der Waals surface area contributed by atoms with Crippen LogP contribution in [0.15, 0.2) is 11.1 Å². The number of aliphatic hydroxyl groups is 1. The van der Waals surface area contributed by atoms with Gasteiger partial charge < -0.3 is 5.11 Å². The summed E-state index contributed by atoms with van der Waals surface area (Å²) in [6, 6.07) is 0. The van der Waals surface area contributed by atoms with Crippen LogP contribution in [0.4, 0.5) is 0 Å². The highest BCUT2D eigenvalue weighted by Gasteiger charge is 2.68. The molecule has 1 N–H and O–H groups in total. The van der Waals surface area contributed by atoms with E-state index in [0.29, 0.717) is 18.3 Å². The van der Waals surface area contributed by atoms with Gasteiger partial charge in [-0.2, -0.15) is 0 Å². The van der Waals surface area contributed by atoms with Gasteiger partial charge in [0.15, 0.2) is 5.78 Å². The van der Waals surface area contributed by atoms with E-state index in [1.165, 1.54) is 0 Å². The molecule has 2 saturated carbocycles. The van der Waals surface area contributed by atoms with Gasteiger partial charge >= 0.3 is 0 Å². The molecule has 2 nitrogen and oxygen atoms in total. The highest BCUT2D eigenvalue weighted by molar-refractivity contribution is 6.00. The Morgan fingerprint density at radius 2 is 1.94 bits per heavy atom. The SMILES string of the molecule is CC1=C2[C@@H](O)[C@H]3CC[C@@H](C)C2(CC1=O)C3(C)C. The number of carbonyl (C=O) groups excluding carboxylic acids is 1. The first-order chi connectivity index (χ1) is 7.84. The molecule has 1 spiro atoms. The molecule has 94 valence electrons. The van der Waals surface area contributed by atoms with Crippen molar-refractivity contribution in [3.8, 4) is 0 Å². The van der Waals surface area contributed by atoms with Gasteiger partial charge in [-0.1, -0.05) is 20.8 Å². The molecular weight excluding hydrogens is 212 g/mol. The zero-order valence-corrected chi connectivity index (χ0v) is 11.2. The van der Waals surface area contributed by atoms with Crippen LogP contribution in [0.1, 0.15) is 47.0 Å². The summed E-state index contributed by atoms with van der Waals surface area (Å²) in [7, 11) is 0. The summed E-state index contributed by atoms with van der Waals surface area (Å²) >= 11 is 0. The summed E-state index contributed by atoms with van der Waals surface area (Å²) < 4.78 is 0. The van der Waals surface area contributed by atoms with Crippen molar-refractivity contribution < 1.29 is 9.90 Å². The van der Waals surface area contributed by atoms with E-state index in [4.69, 9.17) is 0 Å². The van der Waals surface area contributed by atoms with Crippen LogP contribution in [0.3, 0.4) is 0 Å². The van der Waals surface area contributed by atoms with Crippen LogP contribution in [0.25, 0.3) is 0 Å². The number of fused-ring (bicyclic) bond motifs is 1. The maximum atomic E-state index is 12.1. The molecule has 0 aromatic carbocycles. The van der Waals surface area contributed by atoms with Crippen molar-refractivity contribution in [2.75, 3.05) is 0 Å². The van der Waals surface area contributed by atoms with Crippen molar-refractivity contribution >= 4 is 5.78 Å². The molecule has 2 fully saturated rings. The minimum Gasteiger partial charge on any atom is -0.388 e. The van der Waals surface area contributed by atoms with Crippen LogP contribution in [-0.4, -0.2) is 17.0 Å². The first kappa shape index (κ1) is 11.5. The lowest BCUT2D eigenvalue weighted by Gasteiger charge is -2.50. The summed E-state index contributed by atoms with van der Waals surface area (Å²) in [5.74, 6) is 1.12. The number of rotatable bonds is 0. The Morgan fingerprint density at radius 1 is 1.29 bits per heavy atom. The van der Waals surface area contributed by atoms with Gasteiger partial charge in [0.05, 0.1) is 6.10 Å². The fourth-order valence-corrected chi connectivity index (χ4v) is 5.22. The van der Waals surface area contributed by atoms with Crippen molar-refractivity contribution in [3.05, 3.63) is 11.1 Å². The molecule has 0 saturated heterocycles. The fourth-order valence-electron chi connectivity index (χ4n) is 5.22. The lowest BCUT2D eigenvalue weighted by molar-refractivity contribution is -0.120. The van der Waals surface area contributed by atoms with Crippen LogP contribution in [0, 0.1) is 22.7 Å². The molecule has 0 aliphatic heterocycles. The van der Waals surface area contributed by atoms with Crippen LogP contribution in [0.2, 0.25) is 0 Å². The molecule has 0 heterocycles. The molecule has 3 rings (SSSR count). The highest BCUT2D eigenvalue weighted by atomic mass is 16.3. The van der Waals surface area contributed by atoms with E-state index >= 15 is 0 Å². The van der Waals surface area contributed by atoms with E-state index in [9.17, 15) is 9.90 Å². The Balaban J connectivity index is 2.29. The van der Waals surface area contributed by atoms with Gasteiger partial charge in [-0.15, -0.1) is 0 Å². The molecule has 1 unspecified atom stereocenters. The Kier molecular flexibility index (Phi) is 2.04. The molecule has 3 aliphatic carbocycles. The predicted molar refractivity (Wildman–Crippen MR) is 66.4 cm³/mol. The number of ketones is 1. The molecule has 0 radical (unpaired) electrons. The summed E-state index contributed by atoms with van der Waals surface area (Å²) in [5, 5.41) is 10.6. The second kappa shape index (κ2) is 3.03. The van der Waals surface area contributed by atoms with Crippen LogP contribution >= 0.6 is 0 Å². The zero-order chi connectivity index (χ0) is 12.6. The van der Waals surface area contributed by atoms with Crippen molar-refractivity contribution in [3.63, 3.8) is 0 Å². The second-order valence-electron chi connectivity index (χ2n) is 6.86. The monoisotopic (exact) mass is 234 g/mol. The fraction of sp³-hybridized carbons (Fsp3) is 0.800. The van der Waals surface area contributed by atoms with E-state index < -0.39 is 0 Å². The van der Waals surface area contributed by atoms with E-state index in [1.54, 1.807) is 0 Å². The zero-order valence-electron chi connectivity index (χ0n) is 11.2. The Labute approximate surface area is 103 Å². The maximum Gasteiger partial charge on any atom is 0.159 e. The van der Waals surface area contributed by atoms with Gasteiger partial charge in [0.25, 0.3) is 0 Å². The van der Waals surface area contributed by atoms with E-state index in [0.717, 1.165) is 24.0 Å². The molecular formula is C15H22O2. The molecule has 0 aromatic heterocycles. The lowest BCUT2D eigenvalue weighted by Crippen LogP contribution is -2.45. The molecule has 2 bridgehead atoms. The summed E-state index contributed by atoms with van der Waals surface area (Å²) in [4.78, 5) is 12.1. The van der Waals surface area contributed by atoms with Crippen molar-refractivity contribution in [1.82, 2.24) is 0 Å². The lowest BCUT2D eigenvalue weighted by atomic mass is 9.53. The van der Waals surface area contributed by atoms with Crippen LogP contribution < -0.4 is 0 Å². The standard InChI is InChI=1S/C15H22O2/c1-8-5-6-10-13(17)12-9(2)11(16)7-15(8,12)14(10,3)4/h8,10,13,17H,5-7H2,1-4H3/t8-,10-,13+,15?/m1/s1. The van der Waals surface area contributed by atoms with E-state index in [1.807, 2.05) is 6.92 Å². The van der Waals surface area contributed by atoms with E-state index in [-0.39, 0.29) is 22.7 Å². The number of aliphatic hydroxyl groups excluding tert-OH is 1. The van der Waals surface area contributed by atoms with Gasteiger partial charge in [0, 0.05) is 11.8 Å². The third-order valence-electron chi connectivity index (χ3n) is 6.25. The average Bonchev–Trinajstić information content (AvgIpc) is 2.53. The van der Waals surface area contributed by atoms with Crippen LogP contribution in [-0.2, 0) is 4.79 Å². The van der Waals surface area contributed by atoms with Gasteiger partial charge in [-0.25, -0.2) is 0 Å². The molecule has 0 amide bonds. The largest absolute Gasteiger partial charge is 0.388 e. The highest BCUT2D eigenvalue weighted by Crippen LogP contribution is 2.71. The number of Topliss-reactive ketones (excluding diaryl/α,β-unsaturated/α-hetero) is 1. The Hall–Kier alpha value is -0.630. The Bertz CT molecular complexity index is 432. The van der Waals surface area contributed by atoms with Crippen molar-refractivity contribution in [2.45, 2.75) is 53.1 Å². The van der Waals surface area contributed by atoms with Gasteiger partial charge in [0.2, 0.25) is 0 Å². The molecule has 3 aliphatic rings. The summed E-state index contributed by atoms with van der Waals surface area (Å²) in [5.41, 5.74) is 1.98. The van der Waals surface area contributed by atoms with Crippen molar-refractivity contribution in [2.24, 2.45) is 22.7 Å². The minimum atomic E-state index is -0.374. The number of carbonyl (C=O) groups is 1. The third kappa shape index (κ3) is 1.00. The first-order valence-electron chi connectivity index (χ1n) is 6.76. The molecule has 17 heavy (non-hydrogen) atoms. The van der Waals surface area contributed by atoms with Gasteiger partial charge in [-0.3, -0.25) is 4.79 Å². The average molecular weight is 234 g/mol. The third-order valence-corrected chi connectivity index (χ3v) is 6.25. The molecule has 4 atom stereocenters. The minimum absolute atomic E-state index is 0.0451. The normalized spacial score (nSPS) is 47.6. The quantitative estimate of drug-likeness (QED) is 0.699. The molecule has 2 heteroatoms. The number of allylic oxidation sites excluding steroid dienone is 1. The predicted octanol–water partition coefficient (Wildman–Crippen LogP) is 2.71. The van der Waals surface area contributed by atoms with Gasteiger partial charge in [-0.05, 0) is 48.2 Å². The maximum absolute atomic E-state index is 12.1. The van der Waals surface area contributed by atoms with Gasteiger partial charge in [0.1, 0.15) is 0 Å². The topological polar surface area (TPSA) is 37.3 Å². The van der Waals surface area contributed by atoms with Crippen molar-refractivity contribution in [1.29, 1.82) is 0 Å². The van der Waals surface area contributed by atoms with E-state index in [2.05, 4.69) is 20.8 Å². The first-order valence-corrected chi connectivity index (χ1v) is 6.76. The summed E-state index contributed by atoms with van der Waals surface area (Å²) in [6.07, 6.45) is 2.51. The summed E-state index contributed by atoms with van der Waals surface area (Å²) in [6.45, 7) is 8.70.